The Morgan fingerprint density at radius 1 is 0.760 bits per heavy atom. The Kier molecular flexibility index (Phi) is 18.6. The second kappa shape index (κ2) is 23.6. The molecule has 1 aliphatic heterocycles. The standard InChI is InChI=1S/C63H100O10Si2/c1-43(2)49-29-30-51(55(49)68-41-66-37-47-23-18-16-19-24-47)50-27-22-28-52(50)56(64)63(70-42-67-38-48-25-20-17-21-26-48)54-32-33-61(63,39-71-75(44(3)4,45(5)6)46(7)8)58(69-40-65-35-36-74(13,14)15)62(54)34-31-53-57(62)72-60(11,12)73-59(53,9)10/h16-21,23-26,28,44-46,49-51,53-58,64H,1,22,27,29-42H2,2-15H3/t49-,50-,51+,53-,54-,55+,56+,57-,58-,61-,62-,63-/m0/s1. The summed E-state index contributed by atoms with van der Waals surface area (Å²) in [7, 11) is -3.93. The van der Waals surface area contributed by atoms with Gasteiger partial charge in [0.2, 0.25) is 0 Å². The van der Waals surface area contributed by atoms with Crippen LogP contribution >= 0.6 is 0 Å². The van der Waals surface area contributed by atoms with Gasteiger partial charge in [0.1, 0.15) is 32.1 Å². The van der Waals surface area contributed by atoms with E-state index in [4.69, 9.17) is 42.3 Å². The first-order valence-corrected chi connectivity index (χ1v) is 35.1. The molecule has 2 aromatic rings. The van der Waals surface area contributed by atoms with Crippen LogP contribution in [0.25, 0.3) is 0 Å². The van der Waals surface area contributed by atoms with Crippen molar-refractivity contribution < 1.29 is 47.4 Å². The number of ether oxygens (including phenoxy) is 8. The lowest BCUT2D eigenvalue weighted by Crippen LogP contribution is -2.63. The fourth-order valence-corrected chi connectivity index (χ4v) is 23.2. The van der Waals surface area contributed by atoms with Crippen LogP contribution in [0.2, 0.25) is 42.3 Å². The zero-order valence-electron chi connectivity index (χ0n) is 48.9. The van der Waals surface area contributed by atoms with Gasteiger partial charge in [-0.3, -0.25) is 0 Å². The smallest absolute Gasteiger partial charge is 0.200 e. The third-order valence-corrected chi connectivity index (χ3v) is 27.5. The van der Waals surface area contributed by atoms with Crippen molar-refractivity contribution in [2.24, 2.45) is 40.4 Å². The second-order valence-corrected chi connectivity index (χ2v) is 38.2. The van der Waals surface area contributed by atoms with Crippen LogP contribution in [0.15, 0.2) is 84.5 Å². The van der Waals surface area contributed by atoms with Crippen LogP contribution in [0.1, 0.15) is 139 Å². The minimum absolute atomic E-state index is 0.000521. The maximum Gasteiger partial charge on any atom is 0.200 e. The van der Waals surface area contributed by atoms with E-state index >= 15 is 0 Å². The van der Waals surface area contributed by atoms with Gasteiger partial charge in [-0.15, -0.1) is 0 Å². The minimum Gasteiger partial charge on any atom is -0.415 e. The van der Waals surface area contributed by atoms with Crippen LogP contribution in [0.5, 0.6) is 0 Å². The van der Waals surface area contributed by atoms with Crippen molar-refractivity contribution in [2.45, 2.75) is 224 Å². The summed E-state index contributed by atoms with van der Waals surface area (Å²) in [5.41, 5.74) is 2.33. The quantitative estimate of drug-likeness (QED) is 0.0424. The summed E-state index contributed by atoms with van der Waals surface area (Å²) in [5, 5.41) is 14.5. The molecule has 1 heterocycles. The molecule has 2 aromatic carbocycles. The van der Waals surface area contributed by atoms with Crippen molar-refractivity contribution in [3.63, 3.8) is 0 Å². The Bertz CT molecular complexity index is 2190. The lowest BCUT2D eigenvalue weighted by molar-refractivity contribution is -0.365. The molecule has 12 heteroatoms. The average Bonchev–Trinajstić information content (AvgIpc) is 4.16. The predicted octanol–water partition coefficient (Wildman–Crippen LogP) is 14.4. The van der Waals surface area contributed by atoms with Gasteiger partial charge in [-0.1, -0.05) is 140 Å². The molecular weight excluding hydrogens is 973 g/mol. The minimum atomic E-state index is -2.53. The Hall–Kier alpha value is -2.05. The van der Waals surface area contributed by atoms with Crippen molar-refractivity contribution in [2.75, 3.05) is 33.6 Å². The Labute approximate surface area is 455 Å². The van der Waals surface area contributed by atoms with Gasteiger partial charge in [-0.25, -0.2) is 0 Å². The molecule has 4 saturated carbocycles. The highest BCUT2D eigenvalue weighted by molar-refractivity contribution is 6.77. The Morgan fingerprint density at radius 3 is 1.97 bits per heavy atom. The highest BCUT2D eigenvalue weighted by Gasteiger charge is 2.85. The monoisotopic (exact) mass is 1070 g/mol. The molecule has 0 amide bonds. The van der Waals surface area contributed by atoms with Crippen molar-refractivity contribution in [3.05, 3.63) is 95.6 Å². The van der Waals surface area contributed by atoms with E-state index in [0.717, 1.165) is 79.7 Å². The van der Waals surface area contributed by atoms with Crippen LogP contribution in [0.4, 0.5) is 0 Å². The summed E-state index contributed by atoms with van der Waals surface area (Å²) in [6.07, 6.45) is 7.64. The molecule has 1 N–H and O–H groups in total. The fraction of sp³-hybridized carbons (Fsp3) is 0.746. The first-order valence-electron chi connectivity index (χ1n) is 29.2. The van der Waals surface area contributed by atoms with Gasteiger partial charge < -0.3 is 47.4 Å². The number of allylic oxidation sites excluding steroid dienone is 1. The maximum atomic E-state index is 14.5. The van der Waals surface area contributed by atoms with Gasteiger partial charge in [-0.05, 0) is 137 Å². The normalized spacial score (nSPS) is 33.5. The van der Waals surface area contributed by atoms with E-state index in [1.54, 1.807) is 0 Å². The number of aliphatic hydroxyl groups is 1. The van der Waals surface area contributed by atoms with Crippen molar-refractivity contribution in [1.82, 2.24) is 0 Å². The van der Waals surface area contributed by atoms with E-state index in [1.165, 1.54) is 0 Å². The number of aliphatic hydroxyl groups excluding tert-OH is 1. The molecule has 0 unspecified atom stereocenters. The Morgan fingerprint density at radius 2 is 1.37 bits per heavy atom. The first-order chi connectivity index (χ1) is 35.5. The van der Waals surface area contributed by atoms with Crippen molar-refractivity contribution in [1.29, 1.82) is 0 Å². The molecule has 0 aromatic heterocycles. The SMILES string of the molecule is C=C(C)[C@@H]1CC[C@H]([C@@H]2CCC=C2[C@@H](O)[C@@]2(OCOCc3ccccc3)[C@H]3CC[C@]2(CO[Si](C(C)C)(C(C)C)C(C)C)[C@H](OCOCC[Si](C)(C)C)[C@@]32CC[C@H]3[C@@H]2OC(C)(C)OC3(C)C)[C@@H]1OCOCc1ccccc1. The summed E-state index contributed by atoms with van der Waals surface area (Å²) >= 11 is 0. The summed E-state index contributed by atoms with van der Waals surface area (Å²) in [6.45, 7) is 38.9. The molecule has 1 spiro atoms. The van der Waals surface area contributed by atoms with E-state index < -0.39 is 56.4 Å². The van der Waals surface area contributed by atoms with Crippen molar-refractivity contribution in [3.8, 4) is 0 Å². The molecule has 2 bridgehead atoms. The highest BCUT2D eigenvalue weighted by atomic mass is 28.4. The summed E-state index contributed by atoms with van der Waals surface area (Å²) in [6, 6.07) is 21.7. The number of hydrogen-bond acceptors (Lipinski definition) is 10. The second-order valence-electron chi connectivity index (χ2n) is 27.1. The molecule has 75 heavy (non-hydrogen) atoms. The number of hydrogen-bond donors (Lipinski definition) is 1. The van der Waals surface area contributed by atoms with Crippen LogP contribution in [-0.4, -0.2) is 96.5 Å². The molecule has 8 rings (SSSR count). The lowest BCUT2D eigenvalue weighted by Gasteiger charge is -2.55. The Balaban J connectivity index is 1.26. The topological polar surface area (TPSA) is 103 Å². The third-order valence-electron chi connectivity index (χ3n) is 19.7. The zero-order valence-corrected chi connectivity index (χ0v) is 50.9. The van der Waals surface area contributed by atoms with Gasteiger partial charge in [0, 0.05) is 44.5 Å². The summed E-state index contributed by atoms with van der Waals surface area (Å²) < 4.78 is 64.3. The number of benzene rings is 2. The van der Waals surface area contributed by atoms with Gasteiger partial charge in [0.25, 0.3) is 0 Å². The molecule has 10 nitrogen and oxygen atoms in total. The van der Waals surface area contributed by atoms with Gasteiger partial charge in [-0.2, -0.15) is 0 Å². The average molecular weight is 1070 g/mol. The molecule has 6 aliphatic rings. The van der Waals surface area contributed by atoms with Crippen LogP contribution in [-0.2, 0) is 55.5 Å². The largest absolute Gasteiger partial charge is 0.415 e. The molecule has 12 atom stereocenters. The van der Waals surface area contributed by atoms with E-state index in [1.807, 2.05) is 36.4 Å². The molecule has 5 aliphatic carbocycles. The van der Waals surface area contributed by atoms with E-state index in [-0.39, 0.29) is 62.2 Å². The number of fused-ring (bicyclic) bond motifs is 5. The molecular formula is C63H100O10Si2. The van der Waals surface area contributed by atoms with Crippen molar-refractivity contribution >= 4 is 16.4 Å². The molecule has 0 radical (unpaired) electrons. The van der Waals surface area contributed by atoms with E-state index in [9.17, 15) is 5.11 Å². The fourth-order valence-electron chi connectivity index (χ4n) is 16.9. The maximum absolute atomic E-state index is 14.5. The van der Waals surface area contributed by atoms with Gasteiger partial charge in [0.05, 0.1) is 42.5 Å². The third kappa shape index (κ3) is 11.4. The zero-order chi connectivity index (χ0) is 54.2. The van der Waals surface area contributed by atoms with Gasteiger partial charge >= 0.3 is 0 Å². The van der Waals surface area contributed by atoms with Crippen LogP contribution in [0, 0.1) is 40.4 Å². The molecule has 5 fully saturated rings. The first kappa shape index (κ1) is 59.1. The number of rotatable bonds is 26. The summed E-state index contributed by atoms with van der Waals surface area (Å²) in [5.74, 6) is -0.576. The van der Waals surface area contributed by atoms with Crippen LogP contribution < -0.4 is 0 Å². The lowest BCUT2D eigenvalue weighted by atomic mass is 9.63. The molecule has 1 saturated heterocycles. The van der Waals surface area contributed by atoms with E-state index in [0.29, 0.717) is 43.1 Å². The molecule has 420 valence electrons. The van der Waals surface area contributed by atoms with Crippen LogP contribution in [0.3, 0.4) is 0 Å². The van der Waals surface area contributed by atoms with Gasteiger partial charge in [0.15, 0.2) is 14.1 Å². The van der Waals surface area contributed by atoms with E-state index in [2.05, 4.69) is 133 Å². The predicted molar refractivity (Wildman–Crippen MR) is 304 cm³/mol. The summed E-state index contributed by atoms with van der Waals surface area (Å²) in [4.78, 5) is 0. The highest BCUT2D eigenvalue weighted by Crippen LogP contribution is 2.78.